The second kappa shape index (κ2) is 8.94. The number of para-hydroxylation sites is 2. The van der Waals surface area contributed by atoms with Gasteiger partial charge in [-0.2, -0.15) is 5.10 Å². The average molecular weight is 372 g/mol. The van der Waals surface area contributed by atoms with Crippen LogP contribution >= 0.6 is 0 Å². The van der Waals surface area contributed by atoms with E-state index in [1.807, 2.05) is 0 Å². The first-order valence-electron chi connectivity index (χ1n) is 7.63. The molecule has 0 aromatic heterocycles. The van der Waals surface area contributed by atoms with Crippen molar-refractivity contribution in [2.45, 2.75) is 6.42 Å². The van der Waals surface area contributed by atoms with Gasteiger partial charge < -0.3 is 15.2 Å². The maximum atomic E-state index is 11.9. The minimum absolute atomic E-state index is 0.290. The van der Waals surface area contributed by atoms with Crippen molar-refractivity contribution in [1.82, 2.24) is 5.43 Å². The standard InChI is InChI=1S/C17H16N4O6/c1-27-15-5-3-2-4-12(15)19-16(23)9-17(24)20-18-10-11-6-7-14(22)13(8-11)21(25)26/h2-8,10,22H,9H2,1H3,(H,19,23)(H,20,24). The van der Waals surface area contributed by atoms with Gasteiger partial charge in [0.15, 0.2) is 5.75 Å². The topological polar surface area (TPSA) is 143 Å². The number of benzene rings is 2. The number of carbonyl (C=O) groups is 2. The van der Waals surface area contributed by atoms with Crippen LogP contribution in [0.2, 0.25) is 0 Å². The van der Waals surface area contributed by atoms with Gasteiger partial charge >= 0.3 is 5.69 Å². The molecule has 0 aliphatic rings. The van der Waals surface area contributed by atoms with Crippen LogP contribution in [0.15, 0.2) is 47.6 Å². The van der Waals surface area contributed by atoms with E-state index in [0.717, 1.165) is 18.3 Å². The van der Waals surface area contributed by atoms with Crippen LogP contribution in [0.3, 0.4) is 0 Å². The Morgan fingerprint density at radius 2 is 2.00 bits per heavy atom. The van der Waals surface area contributed by atoms with E-state index in [1.165, 1.54) is 13.2 Å². The quantitative estimate of drug-likeness (QED) is 0.293. The van der Waals surface area contributed by atoms with Gasteiger partial charge in [-0.05, 0) is 24.3 Å². The Bertz CT molecular complexity index is 897. The third kappa shape index (κ3) is 5.53. The van der Waals surface area contributed by atoms with Crippen molar-refractivity contribution in [3.8, 4) is 11.5 Å². The highest BCUT2D eigenvalue weighted by Gasteiger charge is 2.13. The summed E-state index contributed by atoms with van der Waals surface area (Å²) in [5.74, 6) is -1.26. The van der Waals surface area contributed by atoms with Crippen molar-refractivity contribution < 1.29 is 24.4 Å². The molecule has 2 rings (SSSR count). The number of nitro benzene ring substituents is 1. The number of carbonyl (C=O) groups excluding carboxylic acids is 2. The predicted molar refractivity (Wildman–Crippen MR) is 96.7 cm³/mol. The lowest BCUT2D eigenvalue weighted by molar-refractivity contribution is -0.385. The molecule has 0 radical (unpaired) electrons. The monoisotopic (exact) mass is 372 g/mol. The molecule has 0 saturated carbocycles. The summed E-state index contributed by atoms with van der Waals surface area (Å²) in [5.41, 5.74) is 2.38. The number of rotatable bonds is 7. The Balaban J connectivity index is 1.90. The zero-order valence-corrected chi connectivity index (χ0v) is 14.2. The highest BCUT2D eigenvalue weighted by molar-refractivity contribution is 6.04. The molecule has 0 aliphatic heterocycles. The maximum absolute atomic E-state index is 11.9. The number of phenolic OH excluding ortho intramolecular Hbond substituents is 1. The molecule has 0 atom stereocenters. The van der Waals surface area contributed by atoms with E-state index in [4.69, 9.17) is 4.74 Å². The summed E-state index contributed by atoms with van der Waals surface area (Å²) < 4.78 is 5.10. The van der Waals surface area contributed by atoms with Crippen LogP contribution in [0.5, 0.6) is 11.5 Å². The van der Waals surface area contributed by atoms with Gasteiger partial charge in [-0.3, -0.25) is 19.7 Å². The van der Waals surface area contributed by atoms with Crippen LogP contribution in [-0.2, 0) is 9.59 Å². The molecule has 2 amide bonds. The molecular formula is C17H16N4O6. The molecule has 0 unspecified atom stereocenters. The fraction of sp³-hybridized carbons (Fsp3) is 0.118. The summed E-state index contributed by atoms with van der Waals surface area (Å²) in [4.78, 5) is 33.7. The molecule has 0 aliphatic carbocycles. The number of phenols is 1. The van der Waals surface area contributed by atoms with Gasteiger partial charge in [-0.15, -0.1) is 0 Å². The highest BCUT2D eigenvalue weighted by atomic mass is 16.6. The predicted octanol–water partition coefficient (Wildman–Crippen LogP) is 1.79. The Kier molecular flexibility index (Phi) is 6.42. The van der Waals surface area contributed by atoms with Gasteiger partial charge in [0.1, 0.15) is 12.2 Å². The molecule has 2 aromatic rings. The molecule has 3 N–H and O–H groups in total. The van der Waals surface area contributed by atoms with Crippen molar-refractivity contribution in [1.29, 1.82) is 0 Å². The third-order valence-electron chi connectivity index (χ3n) is 3.30. The van der Waals surface area contributed by atoms with Gasteiger partial charge in [0.2, 0.25) is 11.8 Å². The molecule has 0 bridgehead atoms. The summed E-state index contributed by atoms with van der Waals surface area (Å²) in [5, 5.41) is 26.3. The summed E-state index contributed by atoms with van der Waals surface area (Å²) in [6, 6.07) is 10.4. The number of hydrazone groups is 1. The molecule has 0 saturated heterocycles. The number of nitrogens with zero attached hydrogens (tertiary/aromatic N) is 2. The van der Waals surface area contributed by atoms with Gasteiger partial charge in [0.25, 0.3) is 0 Å². The Morgan fingerprint density at radius 3 is 2.70 bits per heavy atom. The van der Waals surface area contributed by atoms with Crippen LogP contribution in [-0.4, -0.2) is 35.2 Å². The van der Waals surface area contributed by atoms with Gasteiger partial charge in [0.05, 0.1) is 23.9 Å². The highest BCUT2D eigenvalue weighted by Crippen LogP contribution is 2.25. The first kappa shape index (κ1) is 19.4. The van der Waals surface area contributed by atoms with Crippen molar-refractivity contribution in [2.75, 3.05) is 12.4 Å². The Hall–Kier alpha value is -3.95. The van der Waals surface area contributed by atoms with E-state index in [-0.39, 0.29) is 0 Å². The van der Waals surface area contributed by atoms with E-state index >= 15 is 0 Å². The number of hydrogen-bond acceptors (Lipinski definition) is 7. The second-order valence-electron chi connectivity index (χ2n) is 5.22. The first-order valence-corrected chi connectivity index (χ1v) is 7.63. The van der Waals surface area contributed by atoms with Crippen molar-refractivity contribution >= 4 is 29.4 Å². The van der Waals surface area contributed by atoms with Crippen LogP contribution in [0, 0.1) is 10.1 Å². The lowest BCUT2D eigenvalue weighted by Gasteiger charge is -2.09. The smallest absolute Gasteiger partial charge is 0.311 e. The van der Waals surface area contributed by atoms with Crippen molar-refractivity contribution in [2.24, 2.45) is 5.10 Å². The van der Waals surface area contributed by atoms with Crippen LogP contribution in [0.25, 0.3) is 0 Å². The van der Waals surface area contributed by atoms with E-state index in [2.05, 4.69) is 15.8 Å². The number of nitro groups is 1. The first-order chi connectivity index (χ1) is 12.9. The van der Waals surface area contributed by atoms with Crippen LogP contribution < -0.4 is 15.5 Å². The van der Waals surface area contributed by atoms with E-state index < -0.39 is 34.6 Å². The number of methoxy groups -OCH3 is 1. The third-order valence-corrected chi connectivity index (χ3v) is 3.30. The van der Waals surface area contributed by atoms with Crippen LogP contribution in [0.4, 0.5) is 11.4 Å². The van der Waals surface area contributed by atoms with Crippen molar-refractivity contribution in [3.63, 3.8) is 0 Å². The molecule has 27 heavy (non-hydrogen) atoms. The van der Waals surface area contributed by atoms with Gasteiger partial charge in [-0.1, -0.05) is 12.1 Å². The molecule has 0 heterocycles. The minimum Gasteiger partial charge on any atom is -0.502 e. The molecule has 140 valence electrons. The zero-order valence-electron chi connectivity index (χ0n) is 14.2. The molecular weight excluding hydrogens is 356 g/mol. The molecule has 2 aromatic carbocycles. The molecule has 0 fully saturated rings. The molecule has 10 nitrogen and oxygen atoms in total. The number of anilines is 1. The fourth-order valence-corrected chi connectivity index (χ4v) is 2.07. The fourth-order valence-electron chi connectivity index (χ4n) is 2.07. The lowest BCUT2D eigenvalue weighted by atomic mass is 10.2. The summed E-state index contributed by atoms with van der Waals surface area (Å²) in [6.07, 6.45) is 0.674. The number of ether oxygens (including phenoxy) is 1. The average Bonchev–Trinajstić information content (AvgIpc) is 2.63. The van der Waals surface area contributed by atoms with E-state index in [9.17, 15) is 24.8 Å². The number of hydrogen-bond donors (Lipinski definition) is 3. The second-order valence-corrected chi connectivity index (χ2v) is 5.22. The lowest BCUT2D eigenvalue weighted by Crippen LogP contribution is -2.24. The van der Waals surface area contributed by atoms with E-state index in [0.29, 0.717) is 17.0 Å². The maximum Gasteiger partial charge on any atom is 0.311 e. The summed E-state index contributed by atoms with van der Waals surface area (Å²) in [7, 11) is 1.46. The minimum atomic E-state index is -0.743. The van der Waals surface area contributed by atoms with E-state index in [1.54, 1.807) is 24.3 Å². The zero-order chi connectivity index (χ0) is 19.8. The molecule has 10 heteroatoms. The van der Waals surface area contributed by atoms with Gasteiger partial charge in [-0.25, -0.2) is 5.43 Å². The normalized spacial score (nSPS) is 10.4. The number of nitrogens with one attached hydrogen (secondary N) is 2. The molecule has 0 spiro atoms. The SMILES string of the molecule is COc1ccccc1NC(=O)CC(=O)NN=Cc1ccc(O)c([N+](=O)[O-])c1. The van der Waals surface area contributed by atoms with Crippen LogP contribution in [0.1, 0.15) is 12.0 Å². The Morgan fingerprint density at radius 1 is 1.26 bits per heavy atom. The van der Waals surface area contributed by atoms with Crippen molar-refractivity contribution in [3.05, 3.63) is 58.1 Å². The Labute approximate surface area is 153 Å². The van der Waals surface area contributed by atoms with Gasteiger partial charge in [0, 0.05) is 11.6 Å². The summed E-state index contributed by atoms with van der Waals surface area (Å²) >= 11 is 0. The summed E-state index contributed by atoms with van der Waals surface area (Å²) in [6.45, 7) is 0. The number of amides is 2. The number of aromatic hydroxyl groups is 1. The largest absolute Gasteiger partial charge is 0.502 e.